The van der Waals surface area contributed by atoms with Gasteiger partial charge in [0.1, 0.15) is 15.7 Å². The quantitative estimate of drug-likeness (QED) is 0.717. The van der Waals surface area contributed by atoms with Gasteiger partial charge in [0.15, 0.2) is 5.76 Å². The van der Waals surface area contributed by atoms with Crippen LogP contribution in [0.1, 0.15) is 18.7 Å². The van der Waals surface area contributed by atoms with Gasteiger partial charge in [0.25, 0.3) is 0 Å². The monoisotopic (exact) mass is 357 g/mol. The minimum absolute atomic E-state index is 0.266. The first-order chi connectivity index (χ1) is 12.1. The summed E-state index contributed by atoms with van der Waals surface area (Å²) in [7, 11) is -2.86. The predicted molar refractivity (Wildman–Crippen MR) is 94.1 cm³/mol. The lowest BCUT2D eigenvalue weighted by Gasteiger charge is -2.21. The normalized spacial score (nSPS) is 17.6. The number of aromatic nitrogens is 3. The van der Waals surface area contributed by atoms with Crippen LogP contribution in [0.2, 0.25) is 0 Å². The molecule has 2 aromatic heterocycles. The maximum absolute atomic E-state index is 11.7. The number of rotatable bonds is 4. The van der Waals surface area contributed by atoms with Gasteiger partial charge in [-0.2, -0.15) is 0 Å². The van der Waals surface area contributed by atoms with Gasteiger partial charge >= 0.3 is 0 Å². The summed E-state index contributed by atoms with van der Waals surface area (Å²) in [4.78, 5) is 4.67. The second-order valence-electron chi connectivity index (χ2n) is 6.38. The van der Waals surface area contributed by atoms with Crippen LogP contribution >= 0.6 is 0 Å². The van der Waals surface area contributed by atoms with Gasteiger partial charge in [0, 0.05) is 6.42 Å². The lowest BCUT2D eigenvalue weighted by atomic mass is 9.98. The Labute approximate surface area is 146 Å². The molecular formula is C18H19N3O3S. The highest BCUT2D eigenvalue weighted by Gasteiger charge is 2.26. The molecule has 0 bridgehead atoms. The van der Waals surface area contributed by atoms with Gasteiger partial charge in [-0.1, -0.05) is 18.2 Å². The lowest BCUT2D eigenvalue weighted by molar-refractivity contribution is 0.450. The van der Waals surface area contributed by atoms with E-state index in [1.165, 1.54) is 0 Å². The zero-order valence-electron chi connectivity index (χ0n) is 13.7. The van der Waals surface area contributed by atoms with Gasteiger partial charge in [-0.15, -0.1) is 5.10 Å². The van der Waals surface area contributed by atoms with Crippen LogP contribution in [0.3, 0.4) is 0 Å². The molecule has 1 aliphatic heterocycles. The van der Waals surface area contributed by atoms with Gasteiger partial charge in [0.2, 0.25) is 5.82 Å². The Hall–Kier alpha value is -2.41. The van der Waals surface area contributed by atoms with Gasteiger partial charge in [-0.3, -0.25) is 0 Å². The molecule has 7 heteroatoms. The number of hydrogen-bond acceptors (Lipinski definition) is 5. The van der Waals surface area contributed by atoms with E-state index in [4.69, 9.17) is 4.42 Å². The van der Waals surface area contributed by atoms with Crippen LogP contribution in [0.15, 0.2) is 53.1 Å². The SMILES string of the molecule is O=S1(=O)CCC(Cc2nc(-c3ccco3)nn2-c2ccccc2)CC1. The molecule has 0 N–H and O–H groups in total. The number of sulfone groups is 1. The molecule has 0 saturated carbocycles. The third kappa shape index (κ3) is 3.51. The van der Waals surface area contributed by atoms with Crippen molar-refractivity contribution in [2.24, 2.45) is 5.92 Å². The van der Waals surface area contributed by atoms with Crippen molar-refractivity contribution in [1.29, 1.82) is 0 Å². The first-order valence-corrected chi connectivity index (χ1v) is 10.2. The van der Waals surface area contributed by atoms with Crippen molar-refractivity contribution >= 4 is 9.84 Å². The molecule has 0 atom stereocenters. The fraction of sp³-hybridized carbons (Fsp3) is 0.333. The van der Waals surface area contributed by atoms with E-state index >= 15 is 0 Å². The summed E-state index contributed by atoms with van der Waals surface area (Å²) in [6.07, 6.45) is 3.67. The van der Waals surface area contributed by atoms with Crippen LogP contribution in [0.25, 0.3) is 17.3 Å². The lowest BCUT2D eigenvalue weighted by Crippen LogP contribution is -2.25. The van der Waals surface area contributed by atoms with E-state index in [1.54, 1.807) is 6.26 Å². The highest BCUT2D eigenvalue weighted by molar-refractivity contribution is 7.91. The van der Waals surface area contributed by atoms with Gasteiger partial charge in [0.05, 0.1) is 23.5 Å². The van der Waals surface area contributed by atoms with Gasteiger partial charge < -0.3 is 4.42 Å². The zero-order chi connectivity index (χ0) is 17.3. The standard InChI is InChI=1S/C18H19N3O3S/c22-25(23)11-8-14(9-12-25)13-17-19-18(16-7-4-10-24-16)20-21(17)15-5-2-1-3-6-15/h1-7,10,14H,8-9,11-13H2. The van der Waals surface area contributed by atoms with Crippen LogP contribution in [-0.4, -0.2) is 34.7 Å². The van der Waals surface area contributed by atoms with Crippen LogP contribution in [0, 0.1) is 5.92 Å². The molecule has 0 spiro atoms. The molecule has 3 aromatic rings. The summed E-state index contributed by atoms with van der Waals surface area (Å²) < 4.78 is 30.6. The molecule has 1 saturated heterocycles. The summed E-state index contributed by atoms with van der Waals surface area (Å²) in [5, 5.41) is 4.61. The Morgan fingerprint density at radius 3 is 2.52 bits per heavy atom. The smallest absolute Gasteiger partial charge is 0.217 e. The number of furan rings is 1. The van der Waals surface area contributed by atoms with E-state index < -0.39 is 9.84 Å². The van der Waals surface area contributed by atoms with Crippen molar-refractivity contribution in [2.75, 3.05) is 11.5 Å². The molecular weight excluding hydrogens is 338 g/mol. The van der Waals surface area contributed by atoms with Crippen molar-refractivity contribution in [3.05, 3.63) is 54.6 Å². The summed E-state index contributed by atoms with van der Waals surface area (Å²) in [5.41, 5.74) is 0.936. The zero-order valence-corrected chi connectivity index (χ0v) is 14.5. The maximum Gasteiger partial charge on any atom is 0.217 e. The summed E-state index contributed by atoms with van der Waals surface area (Å²) in [5.74, 6) is 2.85. The largest absolute Gasteiger partial charge is 0.461 e. The fourth-order valence-electron chi connectivity index (χ4n) is 3.16. The summed E-state index contributed by atoms with van der Waals surface area (Å²) in [6, 6.07) is 13.5. The Bertz CT molecular complexity index is 933. The van der Waals surface area contributed by atoms with Crippen molar-refractivity contribution in [3.8, 4) is 17.3 Å². The van der Waals surface area contributed by atoms with E-state index in [1.807, 2.05) is 47.1 Å². The van der Waals surface area contributed by atoms with Crippen LogP contribution in [-0.2, 0) is 16.3 Å². The summed E-state index contributed by atoms with van der Waals surface area (Å²) >= 11 is 0. The van der Waals surface area contributed by atoms with Crippen LogP contribution in [0.5, 0.6) is 0 Å². The number of nitrogens with zero attached hydrogens (tertiary/aromatic N) is 3. The van der Waals surface area contributed by atoms with Crippen LogP contribution < -0.4 is 0 Å². The molecule has 25 heavy (non-hydrogen) atoms. The first-order valence-electron chi connectivity index (χ1n) is 8.36. The highest BCUT2D eigenvalue weighted by atomic mass is 32.2. The van der Waals surface area contributed by atoms with E-state index in [9.17, 15) is 8.42 Å². The molecule has 0 radical (unpaired) electrons. The second kappa shape index (κ2) is 6.48. The van der Waals surface area contributed by atoms with E-state index in [2.05, 4.69) is 10.1 Å². The number of hydrogen-bond donors (Lipinski definition) is 0. The molecule has 1 aromatic carbocycles. The van der Waals surface area contributed by atoms with Crippen molar-refractivity contribution < 1.29 is 12.8 Å². The number of benzene rings is 1. The minimum Gasteiger partial charge on any atom is -0.461 e. The van der Waals surface area contributed by atoms with Gasteiger partial charge in [-0.05, 0) is 43.0 Å². The van der Waals surface area contributed by atoms with E-state index in [-0.39, 0.29) is 11.5 Å². The minimum atomic E-state index is -2.86. The second-order valence-corrected chi connectivity index (χ2v) is 8.68. The predicted octanol–water partition coefficient (Wildman–Crippen LogP) is 2.89. The molecule has 4 rings (SSSR count). The molecule has 0 amide bonds. The Kier molecular flexibility index (Phi) is 4.17. The number of para-hydroxylation sites is 1. The third-order valence-corrected chi connectivity index (χ3v) is 6.28. The van der Waals surface area contributed by atoms with Crippen molar-refractivity contribution in [2.45, 2.75) is 19.3 Å². The average Bonchev–Trinajstić information content (AvgIpc) is 3.27. The molecule has 130 valence electrons. The maximum atomic E-state index is 11.7. The Morgan fingerprint density at radius 2 is 1.84 bits per heavy atom. The van der Waals surface area contributed by atoms with Gasteiger partial charge in [-0.25, -0.2) is 18.1 Å². The molecule has 6 nitrogen and oxygen atoms in total. The fourth-order valence-corrected chi connectivity index (χ4v) is 4.75. The first kappa shape index (κ1) is 16.1. The Morgan fingerprint density at radius 1 is 1.08 bits per heavy atom. The molecule has 0 unspecified atom stereocenters. The topological polar surface area (TPSA) is 78.0 Å². The Balaban J connectivity index is 1.66. The van der Waals surface area contributed by atoms with Crippen molar-refractivity contribution in [1.82, 2.24) is 14.8 Å². The van der Waals surface area contributed by atoms with E-state index in [0.717, 1.165) is 11.5 Å². The van der Waals surface area contributed by atoms with Crippen molar-refractivity contribution in [3.63, 3.8) is 0 Å². The molecule has 3 heterocycles. The average molecular weight is 357 g/mol. The van der Waals surface area contributed by atoms with Crippen LogP contribution in [0.4, 0.5) is 0 Å². The highest BCUT2D eigenvalue weighted by Crippen LogP contribution is 2.25. The molecule has 0 aliphatic carbocycles. The molecule has 1 fully saturated rings. The third-order valence-electron chi connectivity index (χ3n) is 4.56. The summed E-state index contributed by atoms with van der Waals surface area (Å²) in [6.45, 7) is 0. The van der Waals surface area contributed by atoms with E-state index in [0.29, 0.717) is 36.8 Å². The molecule has 1 aliphatic rings.